The van der Waals surface area contributed by atoms with Crippen LogP contribution in [0.15, 0.2) is 23.2 Å². The molecule has 0 spiro atoms. The lowest BCUT2D eigenvalue weighted by Crippen LogP contribution is -2.60. The van der Waals surface area contributed by atoms with Gasteiger partial charge in [-0.3, -0.25) is 19.4 Å². The highest BCUT2D eigenvalue weighted by molar-refractivity contribution is 8.14. The zero-order valence-corrected chi connectivity index (χ0v) is 39.7. The van der Waals surface area contributed by atoms with E-state index in [1.807, 2.05) is 25.5 Å². The van der Waals surface area contributed by atoms with E-state index in [4.69, 9.17) is 40.0 Å². The molecule has 4 N–H and O–H groups in total. The van der Waals surface area contributed by atoms with Crippen molar-refractivity contribution in [2.45, 2.75) is 148 Å². The molecular weight excluding hydrogens is 862 g/mol. The fourth-order valence-electron chi connectivity index (χ4n) is 7.66. The molecule has 4 amide bonds. The van der Waals surface area contributed by atoms with Crippen molar-refractivity contribution in [2.24, 2.45) is 16.3 Å². The zero-order chi connectivity index (χ0) is 45.7. The van der Waals surface area contributed by atoms with Crippen LogP contribution in [0.2, 0.25) is 5.02 Å². The maximum atomic E-state index is 14.8. The van der Waals surface area contributed by atoms with Gasteiger partial charge in [0.25, 0.3) is 5.91 Å². The average Bonchev–Trinajstić information content (AvgIpc) is 3.92. The van der Waals surface area contributed by atoms with E-state index in [1.54, 1.807) is 78.4 Å². The number of likely N-dealkylation sites (tertiary alicyclic amines) is 1. The van der Waals surface area contributed by atoms with Gasteiger partial charge in [-0.05, 0) is 84.3 Å². The standard InChI is InChI=1S/C42H60ClN7O10S2/c1-12-23-19-42(23,36(53)49-62(55,56)60-41(10)15-16-41)48-34(51)28-17-24(20-50(28)35(52)33(39(4,5)6)47-38(54)59-40(7,8)9)58-30-18-26(27-21-61-37(46-27)44-22(2)3)45-32-25(30)13-14-29(57-11)31(32)43/h13-14,18,22-24,27-28,33H,12,15-17,19-21H2,1-11H3,(H,44,46)(H,47,54)(H,48,51)(H,49,53)/t23-,24-,27?,28+,33-,42-/m1/s1. The van der Waals surface area contributed by atoms with Crippen LogP contribution in [0.4, 0.5) is 4.79 Å². The molecule has 2 aliphatic carbocycles. The van der Waals surface area contributed by atoms with Gasteiger partial charge in [0.15, 0.2) is 5.17 Å². The maximum absolute atomic E-state index is 14.8. The number of ether oxygens (including phenoxy) is 3. The third-order valence-electron chi connectivity index (χ3n) is 11.2. The molecule has 4 aliphatic rings. The molecule has 20 heteroatoms. The first kappa shape index (κ1) is 47.4. The van der Waals surface area contributed by atoms with Crippen LogP contribution in [0.3, 0.4) is 0 Å². The van der Waals surface area contributed by atoms with Crippen LogP contribution in [0.1, 0.15) is 113 Å². The van der Waals surface area contributed by atoms with E-state index in [2.05, 4.69) is 16.0 Å². The third kappa shape index (κ3) is 10.8. The molecular formula is C42H60ClN7O10S2. The Morgan fingerprint density at radius 2 is 1.77 bits per heavy atom. The van der Waals surface area contributed by atoms with E-state index in [-0.39, 0.29) is 42.4 Å². The highest BCUT2D eigenvalue weighted by Gasteiger charge is 2.62. The Kier molecular flexibility index (Phi) is 13.4. The Labute approximate surface area is 373 Å². The third-order valence-corrected chi connectivity index (χ3v) is 13.6. The van der Waals surface area contributed by atoms with E-state index in [9.17, 15) is 27.6 Å². The van der Waals surface area contributed by atoms with Crippen LogP contribution < -0.4 is 30.1 Å². The Morgan fingerprint density at radius 1 is 1.08 bits per heavy atom. The minimum atomic E-state index is -4.49. The first-order valence-corrected chi connectivity index (χ1v) is 23.7. The number of benzene rings is 1. The van der Waals surface area contributed by atoms with Crippen molar-refractivity contribution >= 4 is 73.6 Å². The number of carbonyl (C=O) groups is 4. The molecule has 0 radical (unpaired) electrons. The summed E-state index contributed by atoms with van der Waals surface area (Å²) in [7, 11) is -2.99. The van der Waals surface area contributed by atoms with Crippen molar-refractivity contribution in [3.63, 3.8) is 0 Å². The van der Waals surface area contributed by atoms with Crippen molar-refractivity contribution in [1.29, 1.82) is 0 Å². The van der Waals surface area contributed by atoms with Gasteiger partial charge in [0.05, 0.1) is 30.5 Å². The summed E-state index contributed by atoms with van der Waals surface area (Å²) in [6.45, 7) is 17.9. The van der Waals surface area contributed by atoms with Crippen LogP contribution in [-0.4, -0.2) is 108 Å². The monoisotopic (exact) mass is 921 g/mol. The van der Waals surface area contributed by atoms with Gasteiger partial charge < -0.3 is 35.1 Å². The number of rotatable bonds is 14. The Balaban J connectivity index is 1.35. The van der Waals surface area contributed by atoms with Crippen LogP contribution in [0, 0.1) is 11.3 Å². The minimum Gasteiger partial charge on any atom is -0.495 e. The van der Waals surface area contributed by atoms with Crippen LogP contribution >= 0.6 is 23.4 Å². The normalized spacial score (nSPS) is 24.9. The second-order valence-corrected chi connectivity index (χ2v) is 21.9. The van der Waals surface area contributed by atoms with E-state index in [0.717, 1.165) is 5.17 Å². The number of carbonyl (C=O) groups excluding carboxylic acids is 4. The predicted octanol–water partition coefficient (Wildman–Crippen LogP) is 5.54. The molecule has 2 aliphatic heterocycles. The lowest BCUT2D eigenvalue weighted by atomic mass is 9.85. The summed E-state index contributed by atoms with van der Waals surface area (Å²) in [5, 5.41) is 10.5. The lowest BCUT2D eigenvalue weighted by molar-refractivity contribution is -0.143. The first-order valence-electron chi connectivity index (χ1n) is 21.0. The summed E-state index contributed by atoms with van der Waals surface area (Å²) in [5.74, 6) is -1.18. The number of hydrogen-bond acceptors (Lipinski definition) is 14. The molecule has 1 saturated heterocycles. The molecule has 1 unspecified atom stereocenters. The van der Waals surface area contributed by atoms with Gasteiger partial charge in [-0.15, -0.1) is 0 Å². The number of amidine groups is 1. The first-order chi connectivity index (χ1) is 28.8. The number of methoxy groups -OCH3 is 1. The van der Waals surface area contributed by atoms with Crippen molar-refractivity contribution < 1.29 is 46.0 Å². The zero-order valence-electron chi connectivity index (χ0n) is 37.3. The second-order valence-electron chi connectivity index (χ2n) is 19.2. The van der Waals surface area contributed by atoms with Crippen LogP contribution in [0.25, 0.3) is 10.9 Å². The number of thioether (sulfide) groups is 1. The summed E-state index contributed by atoms with van der Waals surface area (Å²) in [4.78, 5) is 67.5. The highest BCUT2D eigenvalue weighted by Crippen LogP contribution is 2.47. The number of amides is 4. The lowest BCUT2D eigenvalue weighted by Gasteiger charge is -2.36. The molecule has 17 nitrogen and oxygen atoms in total. The second kappa shape index (κ2) is 17.5. The van der Waals surface area contributed by atoms with Crippen molar-refractivity contribution in [3.05, 3.63) is 28.9 Å². The summed E-state index contributed by atoms with van der Waals surface area (Å²) in [6.07, 6.45) is 0.0387. The fraction of sp³-hybridized carbons (Fsp3) is 0.667. The molecule has 2 aromatic rings. The van der Waals surface area contributed by atoms with Gasteiger partial charge >= 0.3 is 16.4 Å². The van der Waals surface area contributed by atoms with E-state index in [1.165, 1.54) is 12.0 Å². The Bertz CT molecular complexity index is 2240. The summed E-state index contributed by atoms with van der Waals surface area (Å²) in [6, 6.07) is 2.72. The number of aromatic nitrogens is 1. The maximum Gasteiger partial charge on any atom is 0.408 e. The average molecular weight is 923 g/mol. The SMILES string of the molecule is CC[C@@H]1C[C@]1(NC(=O)[C@@H]1C[C@@H](Oc2cc(C3CSC(NC(C)C)=N3)nc3c(Cl)c(OC)ccc23)CN1C(=O)[C@@H](NC(=O)OC(C)(C)C)C(C)(C)C)C(=O)NS(=O)(=O)OC1(C)CC1. The molecule has 0 bridgehead atoms. The summed E-state index contributed by atoms with van der Waals surface area (Å²) < 4.78 is 50.9. The van der Waals surface area contributed by atoms with Crippen LogP contribution in [-0.2, 0) is 33.6 Å². The molecule has 2 saturated carbocycles. The van der Waals surface area contributed by atoms with Crippen molar-refractivity contribution in [3.8, 4) is 11.5 Å². The molecule has 1 aromatic heterocycles. The van der Waals surface area contributed by atoms with Gasteiger partial charge in [-0.1, -0.05) is 57.5 Å². The molecule has 3 fully saturated rings. The summed E-state index contributed by atoms with van der Waals surface area (Å²) in [5.41, 5.74) is -3.17. The minimum absolute atomic E-state index is 0.0297. The van der Waals surface area contributed by atoms with Gasteiger partial charge in [-0.2, -0.15) is 8.42 Å². The van der Waals surface area contributed by atoms with Crippen molar-refractivity contribution in [1.82, 2.24) is 30.6 Å². The Morgan fingerprint density at radius 3 is 2.35 bits per heavy atom. The smallest absolute Gasteiger partial charge is 0.408 e. The van der Waals surface area contributed by atoms with E-state index >= 15 is 0 Å². The van der Waals surface area contributed by atoms with E-state index in [0.29, 0.717) is 53.1 Å². The number of nitrogens with one attached hydrogen (secondary N) is 4. The molecule has 3 heterocycles. The number of fused-ring (bicyclic) bond motifs is 1. The number of aliphatic imine (C=N–C) groups is 1. The van der Waals surface area contributed by atoms with Crippen LogP contribution in [0.5, 0.6) is 11.5 Å². The predicted molar refractivity (Wildman–Crippen MR) is 236 cm³/mol. The molecule has 1 aromatic carbocycles. The van der Waals surface area contributed by atoms with Gasteiger partial charge in [0.1, 0.15) is 51.9 Å². The Hall–Kier alpha value is -4.07. The van der Waals surface area contributed by atoms with E-state index < -0.39 is 74.5 Å². The van der Waals surface area contributed by atoms with Gasteiger partial charge in [0.2, 0.25) is 11.8 Å². The largest absolute Gasteiger partial charge is 0.495 e. The van der Waals surface area contributed by atoms with Gasteiger partial charge in [-0.25, -0.2) is 18.7 Å². The highest BCUT2D eigenvalue weighted by atomic mass is 35.5. The molecule has 6 atom stereocenters. The number of alkyl carbamates (subject to hydrolysis) is 1. The molecule has 6 rings (SSSR count). The van der Waals surface area contributed by atoms with Gasteiger partial charge in [0, 0.05) is 29.7 Å². The topological polar surface area (TPSA) is 216 Å². The van der Waals surface area contributed by atoms with Crippen molar-refractivity contribution in [2.75, 3.05) is 19.4 Å². The fourth-order valence-corrected chi connectivity index (χ4v) is 10.2. The summed E-state index contributed by atoms with van der Waals surface area (Å²) >= 11 is 8.43. The number of nitrogens with zero attached hydrogens (tertiary/aromatic N) is 3. The quantitative estimate of drug-likeness (QED) is 0.183. The number of pyridine rings is 1. The molecule has 342 valence electrons. The number of hydrogen-bond donors (Lipinski definition) is 4. The molecule has 62 heavy (non-hydrogen) atoms. The number of halogens is 1.